The molecule has 1 aromatic heterocycles. The second-order valence-corrected chi connectivity index (χ2v) is 8.45. The van der Waals surface area contributed by atoms with Crippen molar-refractivity contribution in [1.29, 1.82) is 0 Å². The van der Waals surface area contributed by atoms with Crippen LogP contribution in [0.4, 0.5) is 31.7 Å². The smallest absolute Gasteiger partial charge is 0.252 e. The molecular formula is C25H27F2N5O. The summed E-state index contributed by atoms with van der Waals surface area (Å²) < 4.78 is 26.9. The average molecular weight is 452 g/mol. The molecule has 172 valence electrons. The van der Waals surface area contributed by atoms with Gasteiger partial charge in [-0.25, -0.2) is 13.8 Å². The van der Waals surface area contributed by atoms with E-state index < -0.39 is 17.5 Å². The number of anilines is 4. The first-order valence-electron chi connectivity index (χ1n) is 11.0. The zero-order valence-corrected chi connectivity index (χ0v) is 18.4. The number of rotatable bonds is 7. The number of pyridine rings is 1. The molecule has 4 rings (SSSR count). The molecule has 0 unspecified atom stereocenters. The summed E-state index contributed by atoms with van der Waals surface area (Å²) in [6, 6.07) is 13.0. The number of aromatic nitrogens is 1. The van der Waals surface area contributed by atoms with E-state index in [2.05, 4.69) is 39.6 Å². The maximum atomic E-state index is 13.5. The van der Waals surface area contributed by atoms with E-state index >= 15 is 0 Å². The summed E-state index contributed by atoms with van der Waals surface area (Å²) in [6.45, 7) is 4.53. The molecule has 0 atom stereocenters. The molecule has 1 aliphatic rings. The number of piperidine rings is 1. The van der Waals surface area contributed by atoms with Crippen LogP contribution in [0.15, 0.2) is 54.7 Å². The topological polar surface area (TPSA) is 83.3 Å². The van der Waals surface area contributed by atoms with Crippen LogP contribution in [0.1, 0.15) is 35.7 Å². The highest BCUT2D eigenvalue weighted by atomic mass is 19.1. The quantitative estimate of drug-likeness (QED) is 0.468. The lowest BCUT2D eigenvalue weighted by atomic mass is 9.99. The predicted octanol–water partition coefficient (Wildman–Crippen LogP) is 5.05. The maximum Gasteiger partial charge on any atom is 0.252 e. The third kappa shape index (κ3) is 5.77. The number of hydrogen-bond acceptors (Lipinski definition) is 5. The molecular weight excluding hydrogens is 424 g/mol. The zero-order chi connectivity index (χ0) is 23.4. The van der Waals surface area contributed by atoms with E-state index in [4.69, 9.17) is 5.73 Å². The number of nitrogens with one attached hydrogen (secondary N) is 2. The van der Waals surface area contributed by atoms with E-state index in [1.165, 1.54) is 36.9 Å². The molecule has 0 radical (unpaired) electrons. The van der Waals surface area contributed by atoms with Gasteiger partial charge in [0.1, 0.15) is 17.5 Å². The fraction of sp³-hybridized carbons (Fsp3) is 0.280. The van der Waals surface area contributed by atoms with Crippen molar-refractivity contribution in [3.8, 4) is 0 Å². The van der Waals surface area contributed by atoms with E-state index in [0.717, 1.165) is 30.8 Å². The molecule has 0 aliphatic carbocycles. The van der Waals surface area contributed by atoms with Gasteiger partial charge in [0.2, 0.25) is 0 Å². The predicted molar refractivity (Wildman–Crippen MR) is 127 cm³/mol. The molecule has 8 heteroatoms. The SMILES string of the molecule is CC1CCN(c2ccc(Nc3cc(NCc4cc(F)cc(F)c4)c(C(N)=O)cn3)cc2)CC1. The van der Waals surface area contributed by atoms with Gasteiger partial charge < -0.3 is 21.3 Å². The van der Waals surface area contributed by atoms with Crippen LogP contribution in [0.3, 0.4) is 0 Å². The number of nitrogens with two attached hydrogens (primary N) is 1. The number of nitrogens with zero attached hydrogens (tertiary/aromatic N) is 2. The maximum absolute atomic E-state index is 13.5. The molecule has 33 heavy (non-hydrogen) atoms. The Morgan fingerprint density at radius 2 is 1.76 bits per heavy atom. The molecule has 1 saturated heterocycles. The number of amides is 1. The Kier molecular flexibility index (Phi) is 6.72. The second kappa shape index (κ2) is 9.85. The van der Waals surface area contributed by atoms with Crippen LogP contribution in [0.2, 0.25) is 0 Å². The van der Waals surface area contributed by atoms with Gasteiger partial charge in [0.15, 0.2) is 0 Å². The second-order valence-electron chi connectivity index (χ2n) is 8.45. The summed E-state index contributed by atoms with van der Waals surface area (Å²) in [5.74, 6) is -0.697. The third-order valence-electron chi connectivity index (χ3n) is 5.86. The highest BCUT2D eigenvalue weighted by molar-refractivity contribution is 5.98. The standard InChI is InChI=1S/C25H27F2N5O/c1-16-6-8-32(9-7-16)21-4-2-20(3-5-21)31-24-13-23(22(15-30-24)25(28)33)29-14-17-10-18(26)12-19(27)11-17/h2-5,10-13,15-16H,6-9,14H2,1H3,(H2,28,33)(H2,29,30,31). The van der Waals surface area contributed by atoms with Crippen LogP contribution in [-0.2, 0) is 6.54 Å². The van der Waals surface area contributed by atoms with Crippen LogP contribution in [0, 0.1) is 17.6 Å². The number of halogens is 2. The van der Waals surface area contributed by atoms with Crippen molar-refractivity contribution in [2.24, 2.45) is 11.7 Å². The van der Waals surface area contributed by atoms with Crippen LogP contribution in [-0.4, -0.2) is 24.0 Å². The van der Waals surface area contributed by atoms with Crippen molar-refractivity contribution in [1.82, 2.24) is 4.98 Å². The lowest BCUT2D eigenvalue weighted by Crippen LogP contribution is -2.32. The molecule has 0 saturated carbocycles. The highest BCUT2D eigenvalue weighted by Crippen LogP contribution is 2.26. The number of hydrogen-bond donors (Lipinski definition) is 3. The van der Waals surface area contributed by atoms with Crippen LogP contribution < -0.4 is 21.3 Å². The van der Waals surface area contributed by atoms with Crippen molar-refractivity contribution in [2.75, 3.05) is 28.6 Å². The number of benzene rings is 2. The number of carbonyl (C=O) groups is 1. The Bertz CT molecular complexity index is 1110. The van der Waals surface area contributed by atoms with E-state index in [9.17, 15) is 13.6 Å². The van der Waals surface area contributed by atoms with Crippen LogP contribution in [0.25, 0.3) is 0 Å². The molecule has 2 heterocycles. The molecule has 4 N–H and O–H groups in total. The molecule has 1 amide bonds. The lowest BCUT2D eigenvalue weighted by molar-refractivity contribution is 0.100. The molecule has 1 aliphatic heterocycles. The monoisotopic (exact) mass is 451 g/mol. The minimum Gasteiger partial charge on any atom is -0.380 e. The van der Waals surface area contributed by atoms with Gasteiger partial charge in [-0.1, -0.05) is 6.92 Å². The number of carbonyl (C=O) groups excluding carboxylic acids is 1. The van der Waals surface area contributed by atoms with E-state index in [-0.39, 0.29) is 12.1 Å². The largest absolute Gasteiger partial charge is 0.380 e. The molecule has 0 spiro atoms. The Morgan fingerprint density at radius 1 is 1.09 bits per heavy atom. The summed E-state index contributed by atoms with van der Waals surface area (Å²) in [4.78, 5) is 18.5. The summed E-state index contributed by atoms with van der Waals surface area (Å²) in [5, 5.41) is 6.25. The first-order valence-corrected chi connectivity index (χ1v) is 11.0. The van der Waals surface area contributed by atoms with Gasteiger partial charge in [0.25, 0.3) is 5.91 Å². The summed E-state index contributed by atoms with van der Waals surface area (Å²) in [5.41, 5.74) is 8.51. The zero-order valence-electron chi connectivity index (χ0n) is 18.4. The van der Waals surface area contributed by atoms with Crippen molar-refractivity contribution >= 4 is 28.8 Å². The molecule has 2 aromatic carbocycles. The van der Waals surface area contributed by atoms with Gasteiger partial charge >= 0.3 is 0 Å². The lowest BCUT2D eigenvalue weighted by Gasteiger charge is -2.32. The van der Waals surface area contributed by atoms with Gasteiger partial charge in [-0.2, -0.15) is 0 Å². The van der Waals surface area contributed by atoms with Crippen LogP contribution in [0.5, 0.6) is 0 Å². The highest BCUT2D eigenvalue weighted by Gasteiger charge is 2.16. The van der Waals surface area contributed by atoms with Crippen molar-refractivity contribution in [3.05, 3.63) is 77.5 Å². The first kappa shape index (κ1) is 22.5. The van der Waals surface area contributed by atoms with Gasteiger partial charge in [0.05, 0.1) is 11.3 Å². The summed E-state index contributed by atoms with van der Waals surface area (Å²) in [7, 11) is 0. The van der Waals surface area contributed by atoms with Crippen LogP contribution >= 0.6 is 0 Å². The Balaban J connectivity index is 1.47. The van der Waals surface area contributed by atoms with Gasteiger partial charge in [-0.15, -0.1) is 0 Å². The van der Waals surface area contributed by atoms with E-state index in [1.807, 2.05) is 12.1 Å². The average Bonchev–Trinajstić information content (AvgIpc) is 2.78. The Morgan fingerprint density at radius 3 is 2.39 bits per heavy atom. The van der Waals surface area contributed by atoms with Crippen molar-refractivity contribution in [2.45, 2.75) is 26.3 Å². The van der Waals surface area contributed by atoms with Gasteiger partial charge in [-0.3, -0.25) is 4.79 Å². The van der Waals surface area contributed by atoms with E-state index in [1.54, 1.807) is 6.07 Å². The molecule has 3 aromatic rings. The molecule has 6 nitrogen and oxygen atoms in total. The normalized spacial score (nSPS) is 14.2. The first-order chi connectivity index (χ1) is 15.9. The summed E-state index contributed by atoms with van der Waals surface area (Å²) in [6.07, 6.45) is 3.78. The third-order valence-corrected chi connectivity index (χ3v) is 5.86. The van der Waals surface area contributed by atoms with Gasteiger partial charge in [-0.05, 0) is 60.7 Å². The fourth-order valence-electron chi connectivity index (χ4n) is 3.95. The fourth-order valence-corrected chi connectivity index (χ4v) is 3.95. The number of primary amides is 1. The van der Waals surface area contributed by atoms with Crippen molar-refractivity contribution in [3.63, 3.8) is 0 Å². The Labute approximate surface area is 191 Å². The Hall–Kier alpha value is -3.68. The molecule has 1 fully saturated rings. The van der Waals surface area contributed by atoms with E-state index in [0.29, 0.717) is 17.1 Å². The van der Waals surface area contributed by atoms with Crippen molar-refractivity contribution < 1.29 is 13.6 Å². The van der Waals surface area contributed by atoms with Gasteiger partial charge in [0, 0.05) is 49.3 Å². The molecule has 0 bridgehead atoms. The summed E-state index contributed by atoms with van der Waals surface area (Å²) >= 11 is 0. The minimum absolute atomic E-state index is 0.113. The minimum atomic E-state index is -0.665.